The summed E-state index contributed by atoms with van der Waals surface area (Å²) in [6.07, 6.45) is 2.73. The van der Waals surface area contributed by atoms with Crippen LogP contribution < -0.4 is 10.1 Å². The van der Waals surface area contributed by atoms with E-state index in [1.54, 1.807) is 26.5 Å². The molecule has 0 bridgehead atoms. The Bertz CT molecular complexity index is 572. The highest BCUT2D eigenvalue weighted by molar-refractivity contribution is 5.57. The molecular weight excluding hydrogens is 268 g/mol. The first-order valence-corrected chi connectivity index (χ1v) is 6.88. The molecule has 2 heterocycles. The van der Waals surface area contributed by atoms with Gasteiger partial charge in [-0.05, 0) is 12.5 Å². The van der Waals surface area contributed by atoms with E-state index in [9.17, 15) is 0 Å². The third-order valence-electron chi connectivity index (χ3n) is 2.83. The fraction of sp³-hybridized carbons (Fsp3) is 0.400. The molecule has 0 aliphatic carbocycles. The molecule has 2 aromatic heterocycles. The van der Waals surface area contributed by atoms with Crippen molar-refractivity contribution in [3.05, 3.63) is 30.1 Å². The van der Waals surface area contributed by atoms with Gasteiger partial charge in [0.2, 0.25) is 5.88 Å². The molecule has 6 nitrogen and oxygen atoms in total. The lowest BCUT2D eigenvalue weighted by Gasteiger charge is -2.09. The highest BCUT2D eigenvalue weighted by atomic mass is 16.5. The molecule has 2 aromatic rings. The minimum atomic E-state index is 0.444. The maximum absolute atomic E-state index is 5.16. The predicted molar refractivity (Wildman–Crippen MR) is 81.3 cm³/mol. The fourth-order valence-corrected chi connectivity index (χ4v) is 1.83. The number of hydrogen-bond acceptors (Lipinski definition) is 6. The van der Waals surface area contributed by atoms with Gasteiger partial charge in [-0.15, -0.1) is 0 Å². The molecule has 0 saturated carbocycles. The van der Waals surface area contributed by atoms with Crippen molar-refractivity contribution >= 4 is 5.82 Å². The summed E-state index contributed by atoms with van der Waals surface area (Å²) < 4.78 is 10.2. The van der Waals surface area contributed by atoms with Crippen LogP contribution >= 0.6 is 0 Å². The number of pyridine rings is 1. The molecule has 0 aliphatic heterocycles. The lowest BCUT2D eigenvalue weighted by Crippen LogP contribution is -2.06. The number of rotatable bonds is 7. The quantitative estimate of drug-likeness (QED) is 0.844. The van der Waals surface area contributed by atoms with E-state index < -0.39 is 0 Å². The van der Waals surface area contributed by atoms with Crippen LogP contribution in [0.4, 0.5) is 5.82 Å². The normalized spacial score (nSPS) is 10.4. The Morgan fingerprint density at radius 1 is 1.19 bits per heavy atom. The molecule has 0 aromatic carbocycles. The number of anilines is 1. The zero-order chi connectivity index (χ0) is 15.1. The predicted octanol–water partition coefficient (Wildman–Crippen LogP) is 2.52. The summed E-state index contributed by atoms with van der Waals surface area (Å²) >= 11 is 0. The van der Waals surface area contributed by atoms with Crippen molar-refractivity contribution in [2.24, 2.45) is 0 Å². The van der Waals surface area contributed by atoms with Crippen LogP contribution in [0.3, 0.4) is 0 Å². The zero-order valence-electron chi connectivity index (χ0n) is 12.6. The molecule has 21 heavy (non-hydrogen) atoms. The number of nitrogens with one attached hydrogen (secondary N) is 1. The van der Waals surface area contributed by atoms with E-state index in [0.29, 0.717) is 18.3 Å². The van der Waals surface area contributed by atoms with E-state index >= 15 is 0 Å². The average molecular weight is 288 g/mol. The van der Waals surface area contributed by atoms with Crippen LogP contribution in [0.2, 0.25) is 0 Å². The first-order chi connectivity index (χ1) is 10.3. The Labute approximate surface area is 124 Å². The van der Waals surface area contributed by atoms with Crippen LogP contribution in [-0.4, -0.2) is 35.7 Å². The summed E-state index contributed by atoms with van der Waals surface area (Å²) in [7, 11) is 3.24. The second kappa shape index (κ2) is 7.54. The van der Waals surface area contributed by atoms with Gasteiger partial charge in [0.25, 0.3) is 0 Å². The number of nitrogens with zero attached hydrogens (tertiary/aromatic N) is 3. The van der Waals surface area contributed by atoms with Gasteiger partial charge in [0.1, 0.15) is 5.82 Å². The van der Waals surface area contributed by atoms with Crippen LogP contribution in [0, 0.1) is 0 Å². The molecule has 6 heteroatoms. The minimum absolute atomic E-state index is 0.444. The molecule has 0 amide bonds. The topological polar surface area (TPSA) is 69.2 Å². The van der Waals surface area contributed by atoms with Crippen molar-refractivity contribution in [3.8, 4) is 17.3 Å². The highest BCUT2D eigenvalue weighted by Crippen LogP contribution is 2.19. The molecule has 0 atom stereocenters. The Morgan fingerprint density at radius 2 is 2.05 bits per heavy atom. The van der Waals surface area contributed by atoms with Gasteiger partial charge in [-0.3, -0.25) is 0 Å². The van der Waals surface area contributed by atoms with Gasteiger partial charge in [0.15, 0.2) is 5.82 Å². The molecule has 0 fully saturated rings. The Morgan fingerprint density at radius 3 is 2.67 bits per heavy atom. The van der Waals surface area contributed by atoms with Gasteiger partial charge < -0.3 is 14.8 Å². The molecule has 0 spiro atoms. The van der Waals surface area contributed by atoms with E-state index in [1.165, 1.54) is 0 Å². The summed E-state index contributed by atoms with van der Waals surface area (Å²) in [4.78, 5) is 13.2. The third kappa shape index (κ3) is 4.13. The second-order valence-electron chi connectivity index (χ2n) is 4.52. The summed E-state index contributed by atoms with van der Waals surface area (Å²) in [6, 6.07) is 5.59. The van der Waals surface area contributed by atoms with Gasteiger partial charge >= 0.3 is 0 Å². The van der Waals surface area contributed by atoms with Gasteiger partial charge in [-0.1, -0.05) is 6.92 Å². The third-order valence-corrected chi connectivity index (χ3v) is 2.83. The zero-order valence-corrected chi connectivity index (χ0v) is 12.6. The van der Waals surface area contributed by atoms with Crippen LogP contribution in [-0.2, 0) is 11.3 Å². The van der Waals surface area contributed by atoms with Crippen molar-refractivity contribution in [1.82, 2.24) is 15.0 Å². The fourth-order valence-electron chi connectivity index (χ4n) is 1.83. The van der Waals surface area contributed by atoms with Crippen LogP contribution in [0.25, 0.3) is 11.4 Å². The minimum Gasteiger partial charge on any atom is -0.481 e. The van der Waals surface area contributed by atoms with Crippen LogP contribution in [0.5, 0.6) is 5.88 Å². The van der Waals surface area contributed by atoms with Crippen molar-refractivity contribution in [3.63, 3.8) is 0 Å². The molecule has 0 saturated heterocycles. The summed E-state index contributed by atoms with van der Waals surface area (Å²) in [5.41, 5.74) is 1.67. The molecule has 2 rings (SSSR count). The summed E-state index contributed by atoms with van der Waals surface area (Å²) in [6.45, 7) is 3.42. The van der Waals surface area contributed by atoms with Crippen LogP contribution in [0.1, 0.15) is 19.0 Å². The van der Waals surface area contributed by atoms with E-state index in [2.05, 4.69) is 27.2 Å². The number of aromatic nitrogens is 3. The number of hydrogen-bond donors (Lipinski definition) is 1. The lowest BCUT2D eigenvalue weighted by atomic mass is 10.2. The van der Waals surface area contributed by atoms with Gasteiger partial charge in [0.05, 0.1) is 19.4 Å². The molecule has 0 aliphatic rings. The Balaban J connectivity index is 2.32. The summed E-state index contributed by atoms with van der Waals surface area (Å²) in [5.74, 6) is 1.99. The van der Waals surface area contributed by atoms with E-state index in [4.69, 9.17) is 9.47 Å². The average Bonchev–Trinajstić information content (AvgIpc) is 2.53. The van der Waals surface area contributed by atoms with E-state index in [-0.39, 0.29) is 0 Å². The first kappa shape index (κ1) is 15.2. The van der Waals surface area contributed by atoms with E-state index in [1.807, 2.05) is 12.1 Å². The highest BCUT2D eigenvalue weighted by Gasteiger charge is 2.08. The van der Waals surface area contributed by atoms with Crippen molar-refractivity contribution in [2.45, 2.75) is 20.0 Å². The smallest absolute Gasteiger partial charge is 0.212 e. The monoisotopic (exact) mass is 288 g/mol. The van der Waals surface area contributed by atoms with Gasteiger partial charge in [0, 0.05) is 37.5 Å². The Hall–Kier alpha value is -2.21. The molecule has 0 radical (unpaired) electrons. The second-order valence-corrected chi connectivity index (χ2v) is 4.52. The number of methoxy groups -OCH3 is 2. The van der Waals surface area contributed by atoms with Crippen molar-refractivity contribution < 1.29 is 9.47 Å². The number of ether oxygens (including phenoxy) is 2. The lowest BCUT2D eigenvalue weighted by molar-refractivity contribution is 0.181. The molecule has 0 unspecified atom stereocenters. The molecular formula is C15H20N4O2. The molecule has 112 valence electrons. The largest absolute Gasteiger partial charge is 0.481 e. The Kier molecular flexibility index (Phi) is 5.45. The van der Waals surface area contributed by atoms with Crippen molar-refractivity contribution in [1.29, 1.82) is 0 Å². The molecule has 1 N–H and O–H groups in total. The van der Waals surface area contributed by atoms with Crippen molar-refractivity contribution in [2.75, 3.05) is 26.1 Å². The van der Waals surface area contributed by atoms with Gasteiger partial charge in [-0.2, -0.15) is 0 Å². The van der Waals surface area contributed by atoms with E-state index in [0.717, 1.165) is 30.0 Å². The van der Waals surface area contributed by atoms with Gasteiger partial charge in [-0.25, -0.2) is 15.0 Å². The standard InChI is InChI=1S/C15H20N4O2/c1-4-7-16-13-8-12(10-20-2)18-15(19-13)11-5-6-14(21-3)17-9-11/h5-6,8-9H,4,7,10H2,1-3H3,(H,16,18,19). The van der Waals surface area contributed by atoms with Crippen LogP contribution in [0.15, 0.2) is 24.4 Å². The first-order valence-electron chi connectivity index (χ1n) is 6.88. The summed E-state index contributed by atoms with van der Waals surface area (Å²) in [5, 5.41) is 3.27. The SMILES string of the molecule is CCCNc1cc(COC)nc(-c2ccc(OC)nc2)n1. The maximum Gasteiger partial charge on any atom is 0.212 e. The maximum atomic E-state index is 5.16.